The molecule has 0 amide bonds. The van der Waals surface area contributed by atoms with Crippen LogP contribution >= 0.6 is 11.6 Å². The fourth-order valence-corrected chi connectivity index (χ4v) is 3.01. The minimum atomic E-state index is -3.78. The second-order valence-corrected chi connectivity index (χ2v) is 6.36. The Bertz CT molecular complexity index is 695. The first-order valence-corrected chi connectivity index (χ1v) is 7.69. The molecule has 2 aromatic rings. The number of halogens is 1. The number of aryl methyl sites for hydroxylation is 1. The quantitative estimate of drug-likeness (QED) is 0.776. The first-order chi connectivity index (χ1) is 9.44. The smallest absolute Gasteiger partial charge is 0.260 e. The van der Waals surface area contributed by atoms with E-state index in [1.54, 1.807) is 31.2 Å². The Hall–Kier alpha value is -1.41. The van der Waals surface area contributed by atoms with Crippen molar-refractivity contribution >= 4 is 21.6 Å². The highest BCUT2D eigenvalue weighted by Crippen LogP contribution is 2.16. The van der Waals surface area contributed by atoms with E-state index in [9.17, 15) is 13.5 Å². The first kappa shape index (κ1) is 15.0. The van der Waals surface area contributed by atoms with Gasteiger partial charge < -0.3 is 5.11 Å². The lowest BCUT2D eigenvalue weighted by Gasteiger charge is -2.06. The van der Waals surface area contributed by atoms with Gasteiger partial charge in [-0.15, -0.1) is 0 Å². The Labute approximate surface area is 121 Å². The minimum Gasteiger partial charge on any atom is -0.392 e. The zero-order chi connectivity index (χ0) is 14.8. The lowest BCUT2D eigenvalue weighted by Crippen LogP contribution is -2.24. The van der Waals surface area contributed by atoms with Crippen LogP contribution in [-0.2, 0) is 23.2 Å². The maximum Gasteiger partial charge on any atom is 0.260 e. The van der Waals surface area contributed by atoms with Crippen LogP contribution in [0.3, 0.4) is 0 Å². The van der Waals surface area contributed by atoms with E-state index >= 15 is 0 Å². The van der Waals surface area contributed by atoms with E-state index in [0.29, 0.717) is 10.7 Å². The van der Waals surface area contributed by atoms with E-state index < -0.39 is 10.0 Å². The molecule has 108 valence electrons. The van der Waals surface area contributed by atoms with Gasteiger partial charge in [0.2, 0.25) is 0 Å². The summed E-state index contributed by atoms with van der Waals surface area (Å²) < 4.78 is 26.7. The number of rotatable bonds is 5. The average Bonchev–Trinajstić information content (AvgIpc) is 2.80. The molecule has 0 spiro atoms. The summed E-state index contributed by atoms with van der Waals surface area (Å²) in [4.78, 5) is 0. The van der Waals surface area contributed by atoms with Crippen LogP contribution in [0.25, 0.3) is 0 Å². The molecule has 8 heteroatoms. The molecule has 0 aliphatic heterocycles. The van der Waals surface area contributed by atoms with Gasteiger partial charge in [0.05, 0.1) is 6.61 Å². The minimum absolute atomic E-state index is 0.121. The van der Waals surface area contributed by atoms with Crippen molar-refractivity contribution in [3.05, 3.63) is 46.1 Å². The topological polar surface area (TPSA) is 95.1 Å². The van der Waals surface area contributed by atoms with E-state index in [0.717, 1.165) is 5.56 Å². The van der Waals surface area contributed by atoms with Crippen LogP contribution in [0.4, 0.5) is 0 Å². The zero-order valence-electron chi connectivity index (χ0n) is 10.7. The monoisotopic (exact) mass is 315 g/mol. The average molecular weight is 316 g/mol. The summed E-state index contributed by atoms with van der Waals surface area (Å²) in [6.45, 7) is 1.38. The lowest BCUT2D eigenvalue weighted by atomic mass is 10.2. The van der Waals surface area contributed by atoms with E-state index in [4.69, 9.17) is 11.6 Å². The number of aliphatic hydroxyl groups excluding tert-OH is 1. The predicted octanol–water partition coefficient (Wildman–Crippen LogP) is 1.34. The van der Waals surface area contributed by atoms with Crippen molar-refractivity contribution in [2.24, 2.45) is 0 Å². The summed E-state index contributed by atoms with van der Waals surface area (Å²) >= 11 is 5.76. The van der Waals surface area contributed by atoms with Gasteiger partial charge in [-0.3, -0.25) is 5.10 Å². The van der Waals surface area contributed by atoms with Gasteiger partial charge in [-0.1, -0.05) is 23.7 Å². The maximum atomic E-state index is 12.1. The highest BCUT2D eigenvalue weighted by atomic mass is 35.5. The molecule has 20 heavy (non-hydrogen) atoms. The molecule has 0 bridgehead atoms. The Morgan fingerprint density at radius 2 is 2.00 bits per heavy atom. The van der Waals surface area contributed by atoms with Gasteiger partial charge in [0.15, 0.2) is 5.03 Å². The van der Waals surface area contributed by atoms with Crippen molar-refractivity contribution in [2.75, 3.05) is 0 Å². The van der Waals surface area contributed by atoms with Crippen molar-refractivity contribution in [2.45, 2.75) is 25.1 Å². The molecule has 1 heterocycles. The van der Waals surface area contributed by atoms with Gasteiger partial charge in [0, 0.05) is 22.8 Å². The van der Waals surface area contributed by atoms with Crippen LogP contribution in [-0.4, -0.2) is 23.7 Å². The normalized spacial score (nSPS) is 11.8. The zero-order valence-corrected chi connectivity index (χ0v) is 12.3. The number of H-pyrrole nitrogens is 1. The van der Waals surface area contributed by atoms with E-state index in [1.165, 1.54) is 0 Å². The second kappa shape index (κ2) is 5.92. The van der Waals surface area contributed by atoms with E-state index in [-0.39, 0.29) is 23.7 Å². The molecule has 1 aromatic heterocycles. The predicted molar refractivity (Wildman–Crippen MR) is 74.7 cm³/mol. The van der Waals surface area contributed by atoms with Crippen LogP contribution in [0.1, 0.15) is 16.8 Å². The number of hydrogen-bond acceptors (Lipinski definition) is 4. The van der Waals surface area contributed by atoms with Crippen molar-refractivity contribution in [3.8, 4) is 0 Å². The Kier molecular flexibility index (Phi) is 4.44. The highest BCUT2D eigenvalue weighted by Gasteiger charge is 2.22. The molecular formula is C12H14ClN3O3S. The molecule has 3 N–H and O–H groups in total. The van der Waals surface area contributed by atoms with Gasteiger partial charge in [0.1, 0.15) is 0 Å². The Morgan fingerprint density at radius 1 is 1.35 bits per heavy atom. The number of nitrogens with zero attached hydrogens (tertiary/aromatic N) is 1. The molecule has 0 saturated carbocycles. The van der Waals surface area contributed by atoms with Gasteiger partial charge in [-0.05, 0) is 24.6 Å². The fraction of sp³-hybridized carbons (Fsp3) is 0.250. The molecule has 0 atom stereocenters. The summed E-state index contributed by atoms with van der Waals surface area (Å²) in [7, 11) is -3.78. The molecule has 6 nitrogen and oxygen atoms in total. The number of aromatic amines is 1. The van der Waals surface area contributed by atoms with E-state index in [2.05, 4.69) is 14.9 Å². The molecule has 0 unspecified atom stereocenters. The number of aromatic nitrogens is 2. The summed E-state index contributed by atoms with van der Waals surface area (Å²) in [6.07, 6.45) is 0. The third kappa shape index (κ3) is 3.18. The summed E-state index contributed by atoms with van der Waals surface area (Å²) in [5.74, 6) is 0. The number of benzene rings is 1. The number of nitrogens with one attached hydrogen (secondary N) is 2. The Morgan fingerprint density at radius 3 is 2.60 bits per heavy atom. The fourth-order valence-electron chi connectivity index (χ4n) is 1.69. The van der Waals surface area contributed by atoms with Crippen molar-refractivity contribution in [3.63, 3.8) is 0 Å². The van der Waals surface area contributed by atoms with Crippen molar-refractivity contribution in [1.29, 1.82) is 0 Å². The first-order valence-electron chi connectivity index (χ1n) is 5.83. The highest BCUT2D eigenvalue weighted by molar-refractivity contribution is 7.89. The van der Waals surface area contributed by atoms with Gasteiger partial charge in [-0.25, -0.2) is 13.1 Å². The molecule has 0 fully saturated rings. The molecular weight excluding hydrogens is 302 g/mol. The molecule has 0 aliphatic carbocycles. The third-order valence-corrected chi connectivity index (χ3v) is 4.45. The lowest BCUT2D eigenvalue weighted by molar-refractivity contribution is 0.277. The van der Waals surface area contributed by atoms with Crippen LogP contribution in [0.15, 0.2) is 29.3 Å². The number of hydrogen-bond donors (Lipinski definition) is 3. The summed E-state index contributed by atoms with van der Waals surface area (Å²) in [5, 5.41) is 15.9. The molecule has 0 aliphatic rings. The van der Waals surface area contributed by atoms with Crippen LogP contribution in [0, 0.1) is 6.92 Å². The molecule has 0 radical (unpaired) electrons. The number of sulfonamides is 1. The number of aliphatic hydroxyl groups is 1. The van der Waals surface area contributed by atoms with Crippen molar-refractivity contribution in [1.82, 2.24) is 14.9 Å². The summed E-state index contributed by atoms with van der Waals surface area (Å²) in [5.41, 5.74) is 1.57. The molecule has 2 rings (SSSR count). The third-order valence-electron chi connectivity index (χ3n) is 2.83. The summed E-state index contributed by atoms with van der Waals surface area (Å²) in [6, 6.07) is 6.83. The van der Waals surface area contributed by atoms with Crippen LogP contribution in [0.2, 0.25) is 5.02 Å². The van der Waals surface area contributed by atoms with E-state index in [1.807, 2.05) is 0 Å². The van der Waals surface area contributed by atoms with Crippen molar-refractivity contribution < 1.29 is 13.5 Å². The maximum absolute atomic E-state index is 12.1. The van der Waals surface area contributed by atoms with Gasteiger partial charge in [0.25, 0.3) is 10.0 Å². The SMILES string of the molecule is Cc1[nH]nc(S(=O)(=O)NCc2ccc(Cl)cc2)c1CO. The molecule has 1 aromatic carbocycles. The van der Waals surface area contributed by atoms with Gasteiger partial charge >= 0.3 is 0 Å². The molecule has 0 saturated heterocycles. The standard InChI is InChI=1S/C12H14ClN3O3S/c1-8-11(7-17)12(16-15-8)20(18,19)14-6-9-2-4-10(13)5-3-9/h2-5,14,17H,6-7H2,1H3,(H,15,16). The van der Waals surface area contributed by atoms with Crippen LogP contribution < -0.4 is 4.72 Å². The Balaban J connectivity index is 2.17. The van der Waals surface area contributed by atoms with Crippen LogP contribution in [0.5, 0.6) is 0 Å². The van der Waals surface area contributed by atoms with Gasteiger partial charge in [-0.2, -0.15) is 5.10 Å². The largest absolute Gasteiger partial charge is 0.392 e. The second-order valence-electron chi connectivity index (χ2n) is 4.24.